The van der Waals surface area contributed by atoms with Gasteiger partial charge in [-0.05, 0) is 31.0 Å². The molecular formula is C15H25N3O. The van der Waals surface area contributed by atoms with E-state index in [1.807, 2.05) is 36.2 Å². The first-order valence-corrected chi connectivity index (χ1v) is 6.77. The molecule has 4 heteroatoms. The highest BCUT2D eigenvalue weighted by molar-refractivity contribution is 5.77. The Morgan fingerprint density at radius 2 is 2.05 bits per heavy atom. The summed E-state index contributed by atoms with van der Waals surface area (Å²) in [5, 5.41) is 2.92. The molecule has 1 aromatic rings. The molecule has 0 saturated carbocycles. The highest BCUT2D eigenvalue weighted by Crippen LogP contribution is 2.11. The van der Waals surface area contributed by atoms with E-state index in [0.717, 1.165) is 30.8 Å². The first-order chi connectivity index (χ1) is 8.99. The molecule has 3 N–H and O–H groups in total. The zero-order valence-electron chi connectivity index (χ0n) is 12.1. The molecule has 0 fully saturated rings. The average molecular weight is 263 g/mol. The lowest BCUT2D eigenvalue weighted by atomic mass is 10.1. The maximum atomic E-state index is 11.7. The molecule has 0 saturated heterocycles. The van der Waals surface area contributed by atoms with Crippen molar-refractivity contribution in [3.8, 4) is 0 Å². The lowest BCUT2D eigenvalue weighted by Crippen LogP contribution is -2.37. The second-order valence-corrected chi connectivity index (χ2v) is 5.38. The molecule has 0 radical (unpaired) electrons. The van der Waals surface area contributed by atoms with Gasteiger partial charge in [-0.1, -0.05) is 32.0 Å². The minimum absolute atomic E-state index is 0.0808. The Bertz CT molecular complexity index is 404. The summed E-state index contributed by atoms with van der Waals surface area (Å²) in [6.07, 6.45) is 0.862. The minimum atomic E-state index is 0.0808. The summed E-state index contributed by atoms with van der Waals surface area (Å²) in [5.41, 5.74) is 7.85. The van der Waals surface area contributed by atoms with Gasteiger partial charge in [0.05, 0.1) is 6.54 Å². The lowest BCUT2D eigenvalue weighted by Gasteiger charge is -2.17. The van der Waals surface area contributed by atoms with Crippen LogP contribution < -0.4 is 11.1 Å². The monoisotopic (exact) mass is 263 g/mol. The van der Waals surface area contributed by atoms with E-state index in [2.05, 4.69) is 19.2 Å². The van der Waals surface area contributed by atoms with Crippen LogP contribution >= 0.6 is 0 Å². The van der Waals surface area contributed by atoms with Gasteiger partial charge in [-0.25, -0.2) is 0 Å². The van der Waals surface area contributed by atoms with Crippen LogP contribution in [0.4, 0.5) is 5.69 Å². The van der Waals surface area contributed by atoms with E-state index >= 15 is 0 Å². The molecule has 0 aliphatic heterocycles. The third-order valence-corrected chi connectivity index (χ3v) is 2.94. The normalized spacial score (nSPS) is 11.0. The number of hydrogen-bond donors (Lipinski definition) is 2. The van der Waals surface area contributed by atoms with Gasteiger partial charge in [-0.2, -0.15) is 0 Å². The fourth-order valence-electron chi connectivity index (χ4n) is 1.77. The van der Waals surface area contributed by atoms with Gasteiger partial charge < -0.3 is 11.1 Å². The van der Waals surface area contributed by atoms with Crippen LogP contribution in [-0.2, 0) is 11.2 Å². The molecule has 0 spiro atoms. The molecule has 106 valence electrons. The van der Waals surface area contributed by atoms with Crippen molar-refractivity contribution >= 4 is 11.6 Å². The van der Waals surface area contributed by atoms with Crippen LogP contribution in [0.15, 0.2) is 24.3 Å². The highest BCUT2D eigenvalue weighted by Gasteiger charge is 2.07. The first kappa shape index (κ1) is 15.5. The first-order valence-electron chi connectivity index (χ1n) is 6.77. The van der Waals surface area contributed by atoms with Crippen LogP contribution in [0.25, 0.3) is 0 Å². The standard InChI is InChI=1S/C15H25N3O/c1-12(2)10-17-15(19)11-18(3)9-8-13-6-4-5-7-14(13)16/h4-7,12H,8-11,16H2,1-3H3,(H,17,19). The van der Waals surface area contributed by atoms with Crippen LogP contribution in [0.2, 0.25) is 0 Å². The largest absolute Gasteiger partial charge is 0.399 e. The number of benzene rings is 1. The molecule has 1 amide bonds. The molecule has 0 aromatic heterocycles. The fourth-order valence-corrected chi connectivity index (χ4v) is 1.77. The van der Waals surface area contributed by atoms with Crippen LogP contribution in [-0.4, -0.2) is 37.5 Å². The van der Waals surface area contributed by atoms with Gasteiger partial charge in [-0.3, -0.25) is 9.69 Å². The van der Waals surface area contributed by atoms with Crippen LogP contribution in [0.3, 0.4) is 0 Å². The summed E-state index contributed by atoms with van der Waals surface area (Å²) in [4.78, 5) is 13.7. The zero-order chi connectivity index (χ0) is 14.3. The summed E-state index contributed by atoms with van der Waals surface area (Å²) in [6, 6.07) is 7.86. The number of nitrogens with two attached hydrogens (primary N) is 1. The van der Waals surface area contributed by atoms with E-state index in [1.165, 1.54) is 0 Å². The van der Waals surface area contributed by atoms with Crippen LogP contribution in [0, 0.1) is 5.92 Å². The maximum Gasteiger partial charge on any atom is 0.234 e. The third kappa shape index (κ3) is 6.25. The summed E-state index contributed by atoms with van der Waals surface area (Å²) < 4.78 is 0. The second-order valence-electron chi connectivity index (χ2n) is 5.38. The summed E-state index contributed by atoms with van der Waals surface area (Å²) >= 11 is 0. The van der Waals surface area contributed by atoms with Crippen molar-refractivity contribution in [3.63, 3.8) is 0 Å². The molecule has 0 atom stereocenters. The number of anilines is 1. The molecule has 1 aromatic carbocycles. The number of carbonyl (C=O) groups excluding carboxylic acids is 1. The number of hydrogen-bond acceptors (Lipinski definition) is 3. The molecule has 19 heavy (non-hydrogen) atoms. The molecule has 0 aliphatic carbocycles. The fraction of sp³-hybridized carbons (Fsp3) is 0.533. The predicted octanol–water partition coefficient (Wildman–Crippen LogP) is 1.52. The predicted molar refractivity (Wildman–Crippen MR) is 79.9 cm³/mol. The number of rotatable bonds is 7. The molecule has 4 nitrogen and oxygen atoms in total. The Kier molecular flexibility index (Phi) is 6.36. The molecule has 0 bridgehead atoms. The maximum absolute atomic E-state index is 11.7. The number of likely N-dealkylation sites (N-methyl/N-ethyl adjacent to an activating group) is 1. The minimum Gasteiger partial charge on any atom is -0.399 e. The lowest BCUT2D eigenvalue weighted by molar-refractivity contribution is -0.122. The van der Waals surface area contributed by atoms with Crippen molar-refractivity contribution in [2.24, 2.45) is 5.92 Å². The Hall–Kier alpha value is -1.55. The van der Waals surface area contributed by atoms with Gasteiger partial charge in [0.15, 0.2) is 0 Å². The number of nitrogen functional groups attached to an aromatic ring is 1. The number of para-hydroxylation sites is 1. The summed E-state index contributed by atoms with van der Waals surface area (Å²) in [7, 11) is 1.95. The van der Waals surface area contributed by atoms with Crippen molar-refractivity contribution in [2.45, 2.75) is 20.3 Å². The zero-order valence-corrected chi connectivity index (χ0v) is 12.1. The van der Waals surface area contributed by atoms with Gasteiger partial charge >= 0.3 is 0 Å². The van der Waals surface area contributed by atoms with Crippen molar-refractivity contribution in [3.05, 3.63) is 29.8 Å². The van der Waals surface area contributed by atoms with E-state index in [0.29, 0.717) is 12.5 Å². The molecule has 0 heterocycles. The Labute approximate surface area is 116 Å². The smallest absolute Gasteiger partial charge is 0.234 e. The van der Waals surface area contributed by atoms with E-state index in [1.54, 1.807) is 0 Å². The summed E-state index contributed by atoms with van der Waals surface area (Å²) in [6.45, 7) is 6.16. The van der Waals surface area contributed by atoms with Crippen molar-refractivity contribution in [1.82, 2.24) is 10.2 Å². The summed E-state index contributed by atoms with van der Waals surface area (Å²) in [5.74, 6) is 0.565. The van der Waals surface area contributed by atoms with Gasteiger partial charge in [0, 0.05) is 18.8 Å². The number of carbonyl (C=O) groups is 1. The average Bonchev–Trinajstić information content (AvgIpc) is 2.35. The van der Waals surface area contributed by atoms with E-state index in [-0.39, 0.29) is 5.91 Å². The Balaban J connectivity index is 2.30. The van der Waals surface area contributed by atoms with Crippen molar-refractivity contribution in [1.29, 1.82) is 0 Å². The Morgan fingerprint density at radius 1 is 1.37 bits per heavy atom. The van der Waals surface area contributed by atoms with Gasteiger partial charge in [0.1, 0.15) is 0 Å². The van der Waals surface area contributed by atoms with Crippen molar-refractivity contribution < 1.29 is 4.79 Å². The van der Waals surface area contributed by atoms with Gasteiger partial charge in [-0.15, -0.1) is 0 Å². The molecular weight excluding hydrogens is 238 g/mol. The third-order valence-electron chi connectivity index (χ3n) is 2.94. The molecule has 1 rings (SSSR count). The SMILES string of the molecule is CC(C)CNC(=O)CN(C)CCc1ccccc1N. The van der Waals surface area contributed by atoms with Gasteiger partial charge in [0.25, 0.3) is 0 Å². The van der Waals surface area contributed by atoms with Crippen LogP contribution in [0.5, 0.6) is 0 Å². The topological polar surface area (TPSA) is 58.4 Å². The quantitative estimate of drug-likeness (QED) is 0.733. The van der Waals surface area contributed by atoms with E-state index in [9.17, 15) is 4.79 Å². The number of nitrogens with zero attached hydrogens (tertiary/aromatic N) is 1. The highest BCUT2D eigenvalue weighted by atomic mass is 16.2. The molecule has 0 unspecified atom stereocenters. The molecule has 0 aliphatic rings. The van der Waals surface area contributed by atoms with E-state index < -0.39 is 0 Å². The van der Waals surface area contributed by atoms with E-state index in [4.69, 9.17) is 5.73 Å². The number of amides is 1. The van der Waals surface area contributed by atoms with Gasteiger partial charge in [0.2, 0.25) is 5.91 Å². The van der Waals surface area contributed by atoms with Crippen molar-refractivity contribution in [2.75, 3.05) is 32.4 Å². The Morgan fingerprint density at radius 3 is 2.68 bits per heavy atom. The second kappa shape index (κ2) is 7.79. The number of nitrogens with one attached hydrogen (secondary N) is 1. The van der Waals surface area contributed by atoms with Crippen LogP contribution in [0.1, 0.15) is 19.4 Å².